The van der Waals surface area contributed by atoms with Crippen molar-refractivity contribution in [2.24, 2.45) is 40.4 Å². The summed E-state index contributed by atoms with van der Waals surface area (Å²) in [5.74, 6) is 3.11. The number of methoxy groups -OCH3 is 1. The maximum Gasteiger partial charge on any atom is 0.315 e. The molecule has 1 heterocycles. The molecule has 0 aromatic carbocycles. The summed E-state index contributed by atoms with van der Waals surface area (Å²) in [5.41, 5.74) is 1.18. The normalized spacial score (nSPS) is 41.5. The first kappa shape index (κ1) is 25.2. The fourth-order valence-electron chi connectivity index (χ4n) is 8.03. The van der Waals surface area contributed by atoms with Crippen LogP contribution < -0.4 is 0 Å². The first-order chi connectivity index (χ1) is 15.6. The van der Waals surface area contributed by atoms with Gasteiger partial charge < -0.3 is 19.3 Å². The number of carbonyl (C=O) groups excluding carboxylic acids is 1. The molecule has 0 aromatic rings. The van der Waals surface area contributed by atoms with Gasteiger partial charge >= 0.3 is 5.97 Å². The lowest BCUT2D eigenvalue weighted by Gasteiger charge is -2.54. The van der Waals surface area contributed by atoms with Gasteiger partial charge in [-0.3, -0.25) is 4.79 Å². The molecule has 4 rings (SSSR count). The van der Waals surface area contributed by atoms with Gasteiger partial charge in [0.1, 0.15) is 12.6 Å². The molecule has 0 bridgehead atoms. The Morgan fingerprint density at radius 1 is 1.15 bits per heavy atom. The molecule has 5 heteroatoms. The third kappa shape index (κ3) is 4.43. The van der Waals surface area contributed by atoms with Crippen molar-refractivity contribution in [2.75, 3.05) is 13.9 Å². The molecule has 188 valence electrons. The molecular formula is C28H46O5. The zero-order valence-corrected chi connectivity index (χ0v) is 21.7. The van der Waals surface area contributed by atoms with Crippen molar-refractivity contribution >= 4 is 5.97 Å². The van der Waals surface area contributed by atoms with Crippen LogP contribution in [-0.4, -0.2) is 37.2 Å². The van der Waals surface area contributed by atoms with Crippen LogP contribution in [0.15, 0.2) is 11.3 Å². The quantitative estimate of drug-likeness (QED) is 0.362. The van der Waals surface area contributed by atoms with Gasteiger partial charge in [-0.1, -0.05) is 53.9 Å². The average Bonchev–Trinajstić information content (AvgIpc) is 3.10. The van der Waals surface area contributed by atoms with Gasteiger partial charge in [0, 0.05) is 18.4 Å². The number of hydrogen-bond acceptors (Lipinski definition) is 5. The molecule has 2 saturated carbocycles. The second kappa shape index (κ2) is 9.62. The van der Waals surface area contributed by atoms with E-state index < -0.39 is 6.10 Å². The zero-order chi connectivity index (χ0) is 24.0. The van der Waals surface area contributed by atoms with Crippen LogP contribution in [0.4, 0.5) is 0 Å². The van der Waals surface area contributed by atoms with Crippen LogP contribution in [-0.2, 0) is 19.0 Å². The van der Waals surface area contributed by atoms with Crippen LogP contribution in [0.3, 0.4) is 0 Å². The Bertz CT molecular complexity index is 759. The smallest absolute Gasteiger partial charge is 0.315 e. The van der Waals surface area contributed by atoms with E-state index in [1.165, 1.54) is 31.3 Å². The fourth-order valence-corrected chi connectivity index (χ4v) is 8.03. The molecule has 0 amide bonds. The molecule has 0 saturated heterocycles. The van der Waals surface area contributed by atoms with Crippen LogP contribution in [0.5, 0.6) is 0 Å². The minimum atomic E-state index is -0.591. The molecule has 2 fully saturated rings. The van der Waals surface area contributed by atoms with Gasteiger partial charge in [0.25, 0.3) is 0 Å². The van der Waals surface area contributed by atoms with Gasteiger partial charge in [0.05, 0.1) is 18.1 Å². The van der Waals surface area contributed by atoms with Gasteiger partial charge in [-0.25, -0.2) is 0 Å². The second-order valence-electron chi connectivity index (χ2n) is 12.4. The number of aliphatic hydroxyl groups is 1. The number of fused-ring (bicyclic) bond motifs is 4. The number of hydrogen-bond donors (Lipinski definition) is 1. The van der Waals surface area contributed by atoms with E-state index in [0.717, 1.165) is 30.9 Å². The van der Waals surface area contributed by atoms with Crippen LogP contribution in [0.25, 0.3) is 0 Å². The van der Waals surface area contributed by atoms with Crippen LogP contribution in [0.2, 0.25) is 0 Å². The van der Waals surface area contributed by atoms with Crippen molar-refractivity contribution in [2.45, 2.75) is 105 Å². The van der Waals surface area contributed by atoms with Crippen LogP contribution in [0.1, 0.15) is 92.4 Å². The maximum atomic E-state index is 13.3. The highest BCUT2D eigenvalue weighted by Crippen LogP contribution is 2.65. The van der Waals surface area contributed by atoms with Crippen LogP contribution >= 0.6 is 0 Å². The minimum absolute atomic E-state index is 0.119. The Balaban J connectivity index is 1.55. The third-order valence-electron chi connectivity index (χ3n) is 9.95. The Morgan fingerprint density at radius 3 is 2.61 bits per heavy atom. The van der Waals surface area contributed by atoms with E-state index in [1.54, 1.807) is 7.11 Å². The van der Waals surface area contributed by atoms with Gasteiger partial charge in [-0.15, -0.1) is 0 Å². The topological polar surface area (TPSA) is 65.0 Å². The second-order valence-corrected chi connectivity index (χ2v) is 12.4. The molecule has 33 heavy (non-hydrogen) atoms. The minimum Gasteiger partial charge on any atom is -0.431 e. The summed E-state index contributed by atoms with van der Waals surface area (Å²) in [6.45, 7) is 11.9. The number of esters is 1. The van der Waals surface area contributed by atoms with E-state index in [2.05, 4.69) is 34.6 Å². The monoisotopic (exact) mass is 462 g/mol. The summed E-state index contributed by atoms with van der Waals surface area (Å²) in [5, 5.41) is 10.9. The third-order valence-corrected chi connectivity index (χ3v) is 9.95. The van der Waals surface area contributed by atoms with E-state index in [1.807, 2.05) is 0 Å². The van der Waals surface area contributed by atoms with Crippen molar-refractivity contribution in [3.63, 3.8) is 0 Å². The molecule has 5 nitrogen and oxygen atoms in total. The Kier molecular flexibility index (Phi) is 7.34. The molecule has 0 radical (unpaired) electrons. The summed E-state index contributed by atoms with van der Waals surface area (Å²) < 4.78 is 16.9. The molecule has 3 aliphatic carbocycles. The van der Waals surface area contributed by atoms with E-state index in [9.17, 15) is 9.90 Å². The van der Waals surface area contributed by atoms with E-state index in [-0.39, 0.29) is 35.6 Å². The molecule has 1 N–H and O–H groups in total. The zero-order valence-electron chi connectivity index (χ0n) is 21.7. The fraction of sp³-hybridized carbons (Fsp3) is 0.893. The molecular weight excluding hydrogens is 416 g/mol. The highest BCUT2D eigenvalue weighted by Gasteiger charge is 2.60. The molecule has 4 aliphatic rings. The van der Waals surface area contributed by atoms with Crippen molar-refractivity contribution in [1.29, 1.82) is 0 Å². The predicted octanol–water partition coefficient (Wildman–Crippen LogP) is 5.85. The largest absolute Gasteiger partial charge is 0.431 e. The summed E-state index contributed by atoms with van der Waals surface area (Å²) in [4.78, 5) is 13.3. The van der Waals surface area contributed by atoms with Crippen molar-refractivity contribution < 1.29 is 24.1 Å². The van der Waals surface area contributed by atoms with Crippen LogP contribution in [0, 0.1) is 40.4 Å². The molecule has 0 aromatic heterocycles. The first-order valence-electron chi connectivity index (χ1n) is 13.4. The lowest BCUT2D eigenvalue weighted by molar-refractivity contribution is -0.178. The average molecular weight is 463 g/mol. The molecule has 8 atom stereocenters. The van der Waals surface area contributed by atoms with Gasteiger partial charge in [-0.05, 0) is 67.3 Å². The van der Waals surface area contributed by atoms with Crippen molar-refractivity contribution in [1.82, 2.24) is 0 Å². The summed E-state index contributed by atoms with van der Waals surface area (Å²) >= 11 is 0. The van der Waals surface area contributed by atoms with E-state index in [4.69, 9.17) is 14.2 Å². The number of carbonyl (C=O) groups is 1. The lowest BCUT2D eigenvalue weighted by atomic mass is 9.54. The number of aliphatic hydroxyl groups excluding tert-OH is 1. The van der Waals surface area contributed by atoms with E-state index in [0.29, 0.717) is 30.6 Å². The Morgan fingerprint density at radius 2 is 1.91 bits per heavy atom. The predicted molar refractivity (Wildman–Crippen MR) is 128 cm³/mol. The van der Waals surface area contributed by atoms with Crippen molar-refractivity contribution in [3.8, 4) is 0 Å². The number of ether oxygens (including phenoxy) is 3. The maximum absolute atomic E-state index is 13.3. The highest BCUT2D eigenvalue weighted by molar-refractivity contribution is 5.77. The summed E-state index contributed by atoms with van der Waals surface area (Å²) in [6, 6.07) is 0. The van der Waals surface area contributed by atoms with Gasteiger partial charge in [0.2, 0.25) is 0 Å². The Labute approximate surface area is 200 Å². The standard InChI is InChI=1S/C28H46O5/c1-17(2)8-7-9-18(3)19-10-11-20-25-21(12-13-27(19,20)4)28(5)15-23(29)24(32-16-31-6)14-22(28)26(30)33-25/h17-20,22-24,29H,7-16H2,1-6H3/t18-,19-,20+,22-,23-,24-,27-,28-/m1/s1. The highest BCUT2D eigenvalue weighted by atomic mass is 16.7. The van der Waals surface area contributed by atoms with Gasteiger partial charge in [0.15, 0.2) is 0 Å². The lowest BCUT2D eigenvalue weighted by Crippen LogP contribution is -2.54. The summed E-state index contributed by atoms with van der Waals surface area (Å²) in [7, 11) is 1.57. The molecule has 1 aliphatic heterocycles. The molecule has 0 unspecified atom stereocenters. The van der Waals surface area contributed by atoms with Gasteiger partial charge in [-0.2, -0.15) is 0 Å². The van der Waals surface area contributed by atoms with Crippen molar-refractivity contribution in [3.05, 3.63) is 11.3 Å². The Hall–Kier alpha value is -0.910. The SMILES string of the molecule is COCO[C@@H]1C[C@@H]2C(=O)OC3=C(CC[C@]4(C)[C@@H]([C@H](C)CCCC(C)C)CC[C@@H]34)[C@@]2(C)C[C@H]1O. The first-order valence-corrected chi connectivity index (χ1v) is 13.4. The number of allylic oxidation sites excluding steroid dienone is 2. The molecule has 0 spiro atoms. The summed E-state index contributed by atoms with van der Waals surface area (Å²) in [6.07, 6.45) is 8.48. The number of rotatable bonds is 8. The van der Waals surface area contributed by atoms with E-state index >= 15 is 0 Å².